The lowest BCUT2D eigenvalue weighted by atomic mass is 10.00. The molecule has 0 spiro atoms. The van der Waals surface area contributed by atoms with E-state index in [2.05, 4.69) is 4.72 Å². The number of nitrogens with one attached hydrogen (secondary N) is 1. The quantitative estimate of drug-likeness (QED) is 0.394. The molecule has 1 aromatic rings. The number of carbonyl (C=O) groups is 1. The van der Waals surface area contributed by atoms with Crippen LogP contribution < -0.4 is 4.72 Å². The lowest BCUT2D eigenvalue weighted by Gasteiger charge is -2.18. The Hall–Kier alpha value is -2.13. The Labute approximate surface area is 174 Å². The van der Waals surface area contributed by atoms with Crippen molar-refractivity contribution >= 4 is 22.1 Å². The number of unbranched alkanes of at least 4 members (excludes halogenated alkanes) is 1. The Morgan fingerprint density at radius 1 is 1.17 bits per heavy atom. The van der Waals surface area contributed by atoms with E-state index in [-0.39, 0.29) is 18.4 Å². The summed E-state index contributed by atoms with van der Waals surface area (Å²) in [5.74, 6) is -0.659. The van der Waals surface area contributed by atoms with Gasteiger partial charge in [-0.25, -0.2) is 13.1 Å². The van der Waals surface area contributed by atoms with Gasteiger partial charge in [0.1, 0.15) is 0 Å². The molecule has 2 N–H and O–H groups in total. The Bertz CT molecular complexity index is 861. The zero-order valence-corrected chi connectivity index (χ0v) is 17.3. The van der Waals surface area contributed by atoms with Crippen LogP contribution in [-0.2, 0) is 21.0 Å². The van der Waals surface area contributed by atoms with Crippen molar-refractivity contribution in [3.8, 4) is 0 Å². The van der Waals surface area contributed by atoms with Crippen LogP contribution in [0.25, 0.3) is 6.08 Å². The smallest absolute Gasteiger partial charge is 0.416 e. The summed E-state index contributed by atoms with van der Waals surface area (Å²) in [7, 11) is -3.73. The number of hydrogen-bond donors (Lipinski definition) is 2. The molecule has 2 unspecified atom stereocenters. The maximum absolute atomic E-state index is 12.6. The summed E-state index contributed by atoms with van der Waals surface area (Å²) < 4.78 is 65.2. The van der Waals surface area contributed by atoms with Gasteiger partial charge in [0, 0.05) is 17.9 Å². The van der Waals surface area contributed by atoms with Crippen molar-refractivity contribution in [1.82, 2.24) is 4.72 Å². The number of allylic oxidation sites excluding steroid dienone is 2. The lowest BCUT2D eigenvalue weighted by Crippen LogP contribution is -2.36. The fraction of sp³-hybridized carbons (Fsp3) is 0.476. The molecule has 0 saturated heterocycles. The first-order chi connectivity index (χ1) is 14.1. The van der Waals surface area contributed by atoms with Crippen LogP contribution in [0.3, 0.4) is 0 Å². The van der Waals surface area contributed by atoms with Crippen LogP contribution >= 0.6 is 0 Å². The minimum atomic E-state index is -4.43. The molecule has 166 valence electrons. The molecule has 0 heterocycles. The third kappa shape index (κ3) is 8.31. The molecule has 1 saturated carbocycles. The van der Waals surface area contributed by atoms with E-state index in [4.69, 9.17) is 5.11 Å². The van der Waals surface area contributed by atoms with Gasteiger partial charge in [-0.2, -0.15) is 13.2 Å². The van der Waals surface area contributed by atoms with Crippen LogP contribution in [0.5, 0.6) is 0 Å². The summed E-state index contributed by atoms with van der Waals surface area (Å²) >= 11 is 0. The van der Waals surface area contributed by atoms with Crippen LogP contribution in [0.15, 0.2) is 41.8 Å². The first-order valence-corrected chi connectivity index (χ1v) is 11.4. The van der Waals surface area contributed by atoms with Gasteiger partial charge < -0.3 is 5.11 Å². The molecule has 1 aliphatic rings. The van der Waals surface area contributed by atoms with Crippen LogP contribution in [0, 0.1) is 5.92 Å². The lowest BCUT2D eigenvalue weighted by molar-refractivity contribution is -0.138. The van der Waals surface area contributed by atoms with E-state index >= 15 is 0 Å². The summed E-state index contributed by atoms with van der Waals surface area (Å²) in [6.07, 6.45) is 5.35. The summed E-state index contributed by atoms with van der Waals surface area (Å²) in [6.45, 7) is 0. The fourth-order valence-corrected chi connectivity index (χ4v) is 4.58. The predicted molar refractivity (Wildman–Crippen MR) is 109 cm³/mol. The molecule has 5 nitrogen and oxygen atoms in total. The van der Waals surface area contributed by atoms with Crippen molar-refractivity contribution in [2.45, 2.75) is 57.2 Å². The van der Waals surface area contributed by atoms with E-state index in [0.717, 1.165) is 36.8 Å². The highest BCUT2D eigenvalue weighted by Crippen LogP contribution is 2.30. The normalized spacial score (nSPS) is 20.4. The first kappa shape index (κ1) is 24.1. The van der Waals surface area contributed by atoms with Gasteiger partial charge in [-0.1, -0.05) is 30.7 Å². The monoisotopic (exact) mass is 445 g/mol. The van der Waals surface area contributed by atoms with Crippen molar-refractivity contribution < 1.29 is 31.5 Å². The van der Waals surface area contributed by atoms with Crippen LogP contribution in [-0.4, -0.2) is 25.5 Å². The van der Waals surface area contributed by atoms with Crippen molar-refractivity contribution in [2.24, 2.45) is 5.92 Å². The van der Waals surface area contributed by atoms with E-state index < -0.39 is 27.7 Å². The second-order valence-corrected chi connectivity index (χ2v) is 8.97. The number of alkyl halides is 3. The van der Waals surface area contributed by atoms with Gasteiger partial charge in [0.2, 0.25) is 10.0 Å². The molecule has 0 radical (unpaired) electrons. The number of carboxylic acids is 1. The minimum absolute atomic E-state index is 0.126. The second kappa shape index (κ2) is 10.8. The van der Waals surface area contributed by atoms with Gasteiger partial charge in [-0.15, -0.1) is 0 Å². The average Bonchev–Trinajstić information content (AvgIpc) is 3.08. The largest absolute Gasteiger partial charge is 0.481 e. The van der Waals surface area contributed by atoms with Gasteiger partial charge in [-0.3, -0.25) is 4.79 Å². The molecule has 1 aliphatic carbocycles. The maximum Gasteiger partial charge on any atom is 0.416 e. The van der Waals surface area contributed by atoms with Crippen LogP contribution in [0.2, 0.25) is 0 Å². The molecular formula is C21H26F3NO4S. The van der Waals surface area contributed by atoms with Crippen LogP contribution in [0.4, 0.5) is 13.2 Å². The van der Waals surface area contributed by atoms with E-state index in [9.17, 15) is 26.4 Å². The van der Waals surface area contributed by atoms with Gasteiger partial charge >= 0.3 is 12.1 Å². The van der Waals surface area contributed by atoms with Crippen molar-refractivity contribution in [1.29, 1.82) is 0 Å². The number of aliphatic carboxylic acids is 1. The van der Waals surface area contributed by atoms with Crippen molar-refractivity contribution in [3.63, 3.8) is 0 Å². The molecule has 0 bridgehead atoms. The molecule has 0 aromatic heterocycles. The number of rotatable bonds is 10. The molecule has 1 aromatic carbocycles. The van der Waals surface area contributed by atoms with Crippen molar-refractivity contribution in [2.75, 3.05) is 0 Å². The highest BCUT2D eigenvalue weighted by Gasteiger charge is 2.30. The van der Waals surface area contributed by atoms with Crippen LogP contribution in [0.1, 0.15) is 56.1 Å². The topological polar surface area (TPSA) is 83.5 Å². The molecule has 2 rings (SSSR count). The third-order valence-corrected chi connectivity index (χ3v) is 6.14. The van der Waals surface area contributed by atoms with E-state index in [1.165, 1.54) is 18.2 Å². The third-order valence-electron chi connectivity index (χ3n) is 5.02. The Morgan fingerprint density at radius 2 is 1.87 bits per heavy atom. The Morgan fingerprint density at radius 3 is 2.50 bits per heavy atom. The summed E-state index contributed by atoms with van der Waals surface area (Å²) in [6, 6.07) is 4.08. The summed E-state index contributed by atoms with van der Waals surface area (Å²) in [5.41, 5.74) is -0.425. The number of halogens is 3. The maximum atomic E-state index is 12.6. The molecule has 2 atom stereocenters. The zero-order chi connectivity index (χ0) is 22.2. The fourth-order valence-electron chi connectivity index (χ4n) is 3.44. The second-order valence-electron chi connectivity index (χ2n) is 7.38. The van der Waals surface area contributed by atoms with Crippen molar-refractivity contribution in [3.05, 3.63) is 53.0 Å². The number of hydrogen-bond acceptors (Lipinski definition) is 3. The SMILES string of the molecule is O=C(O)CCCC=CCC1CCCC1NS(=O)(=O)C=Cc1ccc(C(F)(F)F)cc1. The van der Waals surface area contributed by atoms with Gasteiger partial charge in [0.15, 0.2) is 0 Å². The Balaban J connectivity index is 1.88. The summed E-state index contributed by atoms with van der Waals surface area (Å²) in [4.78, 5) is 10.5. The van der Waals surface area contributed by atoms with Gasteiger partial charge in [0.25, 0.3) is 0 Å². The highest BCUT2D eigenvalue weighted by molar-refractivity contribution is 7.92. The molecule has 0 amide bonds. The number of carboxylic acid groups (broad SMARTS) is 1. The molecule has 30 heavy (non-hydrogen) atoms. The zero-order valence-electron chi connectivity index (χ0n) is 16.4. The van der Waals surface area contributed by atoms with Gasteiger partial charge in [-0.05, 0) is 61.8 Å². The number of sulfonamides is 1. The molecule has 0 aliphatic heterocycles. The van der Waals surface area contributed by atoms with E-state index in [1.807, 2.05) is 12.2 Å². The molecule has 1 fully saturated rings. The molecular weight excluding hydrogens is 419 g/mol. The molecule has 9 heteroatoms. The number of benzene rings is 1. The first-order valence-electron chi connectivity index (χ1n) is 9.81. The summed E-state index contributed by atoms with van der Waals surface area (Å²) in [5, 5.41) is 9.59. The van der Waals surface area contributed by atoms with E-state index in [0.29, 0.717) is 24.8 Å². The standard InChI is InChI=1S/C21H26F3NO4S/c22-21(23,24)18-12-10-16(11-13-18)14-15-30(28,29)25-19-8-5-7-17(19)6-3-1-2-4-9-20(26)27/h1,3,10-15,17,19,25H,2,4-9H2,(H,26,27). The highest BCUT2D eigenvalue weighted by atomic mass is 32.2. The van der Waals surface area contributed by atoms with Gasteiger partial charge in [0.05, 0.1) is 5.56 Å². The minimum Gasteiger partial charge on any atom is -0.481 e. The predicted octanol–water partition coefficient (Wildman–Crippen LogP) is 4.97. The Kier molecular flexibility index (Phi) is 8.66. The average molecular weight is 446 g/mol. The van der Waals surface area contributed by atoms with E-state index in [1.54, 1.807) is 0 Å².